The molecule has 9 heteroatoms. The highest BCUT2D eigenvalue weighted by Crippen LogP contribution is 2.44. The molecule has 1 aliphatic heterocycles. The number of allylic oxidation sites excluding steroid dienone is 1. The van der Waals surface area contributed by atoms with Crippen LogP contribution in [0.1, 0.15) is 37.8 Å². The lowest BCUT2D eigenvalue weighted by molar-refractivity contribution is -0.158. The molecule has 0 aromatic heterocycles. The Labute approximate surface area is 224 Å². The standard InChI is InChI=1S/C29H38N2O7/c1-20-12-14-29(2,31(20)4)23-19-22(9-11-24(23)38-28(34)27(32)33)37-17-7-15-30(3)16-13-21-8-10-25(35-5)26(18-21)36-6/h8-12,18-19H,7,13-17H2,1-6H3,(H,32,33). The van der Waals surface area contributed by atoms with Crippen LogP contribution in [0.15, 0.2) is 48.2 Å². The summed E-state index contributed by atoms with van der Waals surface area (Å²) in [6.07, 6.45) is 4.51. The number of aliphatic carboxylic acids is 1. The normalized spacial score (nSPS) is 16.8. The van der Waals surface area contributed by atoms with Gasteiger partial charge in [0.2, 0.25) is 0 Å². The van der Waals surface area contributed by atoms with Gasteiger partial charge in [0.1, 0.15) is 11.5 Å². The van der Waals surface area contributed by atoms with E-state index < -0.39 is 17.5 Å². The van der Waals surface area contributed by atoms with E-state index in [4.69, 9.17) is 24.1 Å². The van der Waals surface area contributed by atoms with Gasteiger partial charge in [0.15, 0.2) is 11.5 Å². The number of likely N-dealkylation sites (N-methyl/N-ethyl adjacent to an activating group) is 1. The van der Waals surface area contributed by atoms with Crippen LogP contribution < -0.4 is 18.9 Å². The van der Waals surface area contributed by atoms with Crippen LogP contribution in [0, 0.1) is 0 Å². The lowest BCUT2D eigenvalue weighted by atomic mass is 9.88. The first-order valence-corrected chi connectivity index (χ1v) is 12.6. The van der Waals surface area contributed by atoms with Gasteiger partial charge in [-0.1, -0.05) is 12.1 Å². The number of rotatable bonds is 12. The summed E-state index contributed by atoms with van der Waals surface area (Å²) in [4.78, 5) is 27.2. The number of nitrogens with zero attached hydrogens (tertiary/aromatic N) is 2. The number of methoxy groups -OCH3 is 2. The molecule has 0 bridgehead atoms. The summed E-state index contributed by atoms with van der Waals surface area (Å²) in [5.41, 5.74) is 2.47. The van der Waals surface area contributed by atoms with Crippen LogP contribution in [-0.4, -0.2) is 74.9 Å². The molecule has 0 saturated carbocycles. The van der Waals surface area contributed by atoms with E-state index in [0.717, 1.165) is 43.1 Å². The van der Waals surface area contributed by atoms with Gasteiger partial charge in [0.05, 0.1) is 26.4 Å². The molecule has 38 heavy (non-hydrogen) atoms. The third-order valence-electron chi connectivity index (χ3n) is 7.16. The van der Waals surface area contributed by atoms with Gasteiger partial charge in [-0.25, -0.2) is 9.59 Å². The summed E-state index contributed by atoms with van der Waals surface area (Å²) in [5, 5.41) is 9.01. The summed E-state index contributed by atoms with van der Waals surface area (Å²) in [7, 11) is 7.31. The fraction of sp³-hybridized carbons (Fsp3) is 0.448. The highest BCUT2D eigenvalue weighted by molar-refractivity contribution is 6.29. The number of carboxylic acids is 1. The molecule has 1 aliphatic rings. The van der Waals surface area contributed by atoms with E-state index in [-0.39, 0.29) is 5.75 Å². The number of carboxylic acid groups (broad SMARTS) is 1. The second-order valence-electron chi connectivity index (χ2n) is 9.68. The van der Waals surface area contributed by atoms with E-state index in [1.54, 1.807) is 26.4 Å². The molecule has 206 valence electrons. The largest absolute Gasteiger partial charge is 0.494 e. The molecule has 1 unspecified atom stereocenters. The predicted molar refractivity (Wildman–Crippen MR) is 144 cm³/mol. The highest BCUT2D eigenvalue weighted by atomic mass is 16.6. The number of ether oxygens (including phenoxy) is 4. The van der Waals surface area contributed by atoms with Gasteiger partial charge in [0.25, 0.3) is 0 Å². The Hall–Kier alpha value is -3.72. The van der Waals surface area contributed by atoms with Gasteiger partial charge in [-0.05, 0) is 76.1 Å². The minimum Gasteiger partial charge on any atom is -0.494 e. The molecule has 3 rings (SSSR count). The van der Waals surface area contributed by atoms with Crippen LogP contribution in [0.25, 0.3) is 0 Å². The van der Waals surface area contributed by atoms with Gasteiger partial charge < -0.3 is 33.9 Å². The smallest absolute Gasteiger partial charge is 0.422 e. The zero-order valence-electron chi connectivity index (χ0n) is 23.1. The molecule has 0 amide bonds. The third kappa shape index (κ3) is 6.77. The Kier molecular flexibility index (Phi) is 9.63. The van der Waals surface area contributed by atoms with Crippen molar-refractivity contribution in [3.63, 3.8) is 0 Å². The minimum atomic E-state index is -1.63. The molecule has 1 heterocycles. The van der Waals surface area contributed by atoms with Crippen LogP contribution in [0.2, 0.25) is 0 Å². The van der Waals surface area contributed by atoms with E-state index in [2.05, 4.69) is 22.9 Å². The lowest BCUT2D eigenvalue weighted by Gasteiger charge is -2.37. The molecule has 1 N–H and O–H groups in total. The van der Waals surface area contributed by atoms with Gasteiger partial charge in [-0.3, -0.25) is 0 Å². The van der Waals surface area contributed by atoms with Gasteiger partial charge in [-0.2, -0.15) is 0 Å². The number of benzene rings is 2. The maximum atomic E-state index is 11.8. The molecule has 0 spiro atoms. The zero-order valence-corrected chi connectivity index (χ0v) is 23.1. The maximum Gasteiger partial charge on any atom is 0.422 e. The van der Waals surface area contributed by atoms with Crippen LogP contribution in [0.4, 0.5) is 0 Å². The molecule has 0 radical (unpaired) electrons. The number of esters is 1. The topological polar surface area (TPSA) is 97.8 Å². The van der Waals surface area contributed by atoms with Gasteiger partial charge >= 0.3 is 11.9 Å². The van der Waals surface area contributed by atoms with E-state index in [1.165, 1.54) is 5.56 Å². The second kappa shape index (κ2) is 12.7. The van der Waals surface area contributed by atoms with Crippen molar-refractivity contribution >= 4 is 11.9 Å². The summed E-state index contributed by atoms with van der Waals surface area (Å²) >= 11 is 0. The average Bonchev–Trinajstić information content (AvgIpc) is 3.18. The van der Waals surface area contributed by atoms with Crippen molar-refractivity contribution in [2.45, 2.75) is 38.6 Å². The van der Waals surface area contributed by atoms with Gasteiger partial charge in [-0.15, -0.1) is 0 Å². The maximum absolute atomic E-state index is 11.8. The van der Waals surface area contributed by atoms with Crippen molar-refractivity contribution < 1.29 is 33.6 Å². The summed E-state index contributed by atoms with van der Waals surface area (Å²) in [6, 6.07) is 11.1. The summed E-state index contributed by atoms with van der Waals surface area (Å²) < 4.78 is 21.9. The molecule has 0 aliphatic carbocycles. The van der Waals surface area contributed by atoms with Crippen LogP contribution in [0.5, 0.6) is 23.0 Å². The van der Waals surface area contributed by atoms with E-state index in [9.17, 15) is 9.59 Å². The molecule has 2 aromatic rings. The van der Waals surface area contributed by atoms with Crippen molar-refractivity contribution in [3.05, 3.63) is 59.3 Å². The molecule has 0 saturated heterocycles. The predicted octanol–water partition coefficient (Wildman–Crippen LogP) is 4.09. The molecule has 9 nitrogen and oxygen atoms in total. The van der Waals surface area contributed by atoms with Crippen LogP contribution >= 0.6 is 0 Å². The third-order valence-corrected chi connectivity index (χ3v) is 7.16. The van der Waals surface area contributed by atoms with Crippen LogP contribution in [-0.2, 0) is 21.5 Å². The fourth-order valence-corrected chi connectivity index (χ4v) is 4.54. The number of hydrogen-bond acceptors (Lipinski definition) is 8. The zero-order chi connectivity index (χ0) is 27.9. The van der Waals surface area contributed by atoms with E-state index in [1.807, 2.05) is 45.2 Å². The molecular formula is C29H38N2O7. The first kappa shape index (κ1) is 28.8. The van der Waals surface area contributed by atoms with Crippen molar-refractivity contribution in [3.8, 4) is 23.0 Å². The second-order valence-corrected chi connectivity index (χ2v) is 9.68. The van der Waals surface area contributed by atoms with Gasteiger partial charge in [0, 0.05) is 31.4 Å². The van der Waals surface area contributed by atoms with Crippen molar-refractivity contribution in [2.75, 3.05) is 48.0 Å². The van der Waals surface area contributed by atoms with Crippen molar-refractivity contribution in [1.82, 2.24) is 9.80 Å². The Bertz CT molecular complexity index is 1180. The first-order valence-electron chi connectivity index (χ1n) is 12.6. The average molecular weight is 527 g/mol. The van der Waals surface area contributed by atoms with Crippen molar-refractivity contribution in [2.24, 2.45) is 0 Å². The Morgan fingerprint density at radius 1 is 1.05 bits per heavy atom. The first-order chi connectivity index (χ1) is 18.1. The molecule has 2 aromatic carbocycles. The molecular weight excluding hydrogens is 488 g/mol. The summed E-state index contributed by atoms with van der Waals surface area (Å²) in [6.45, 7) is 6.30. The quantitative estimate of drug-likeness (QED) is 0.190. The lowest BCUT2D eigenvalue weighted by Crippen LogP contribution is -2.36. The Balaban J connectivity index is 1.58. The summed E-state index contributed by atoms with van der Waals surface area (Å²) in [5.74, 6) is -0.638. The number of carbonyl (C=O) groups excluding carboxylic acids is 1. The van der Waals surface area contributed by atoms with Crippen LogP contribution in [0.3, 0.4) is 0 Å². The van der Waals surface area contributed by atoms with E-state index >= 15 is 0 Å². The monoisotopic (exact) mass is 526 g/mol. The van der Waals surface area contributed by atoms with E-state index in [0.29, 0.717) is 24.3 Å². The molecule has 1 atom stereocenters. The van der Waals surface area contributed by atoms with Crippen molar-refractivity contribution in [1.29, 1.82) is 0 Å². The Morgan fingerprint density at radius 3 is 2.39 bits per heavy atom. The molecule has 0 fully saturated rings. The fourth-order valence-electron chi connectivity index (χ4n) is 4.54. The SMILES string of the molecule is COc1ccc(CCN(C)CCCOc2ccc(OC(=O)C(=O)O)c(C3(C)CC=C(C)N3C)c2)cc1OC. The number of carbonyl (C=O) groups is 2. The highest BCUT2D eigenvalue weighted by Gasteiger charge is 2.38. The number of hydrogen-bond donors (Lipinski definition) is 1. The Morgan fingerprint density at radius 2 is 1.76 bits per heavy atom. The minimum absolute atomic E-state index is 0.220.